The van der Waals surface area contributed by atoms with Gasteiger partial charge >= 0.3 is 12.0 Å². The van der Waals surface area contributed by atoms with Crippen LogP contribution in [0.5, 0.6) is 0 Å². The van der Waals surface area contributed by atoms with Crippen molar-refractivity contribution in [3.63, 3.8) is 0 Å². The highest BCUT2D eigenvalue weighted by Gasteiger charge is 2.50. The van der Waals surface area contributed by atoms with Crippen LogP contribution >= 0.6 is 0 Å². The zero-order valence-corrected chi connectivity index (χ0v) is 11.9. The van der Waals surface area contributed by atoms with Gasteiger partial charge in [0.1, 0.15) is 0 Å². The Bertz CT molecular complexity index is 404. The van der Waals surface area contributed by atoms with Crippen molar-refractivity contribution in [3.8, 4) is 0 Å². The number of urea groups is 1. The Balaban J connectivity index is 1.57. The summed E-state index contributed by atoms with van der Waals surface area (Å²) in [6.45, 7) is 1.11. The first-order valence-electron chi connectivity index (χ1n) is 7.90. The number of carboxylic acid groups (broad SMARTS) is 1. The van der Waals surface area contributed by atoms with Crippen LogP contribution in [0, 0.1) is 11.3 Å². The third-order valence-electron chi connectivity index (χ3n) is 5.39. The minimum absolute atomic E-state index is 0.0471. The number of carbonyl (C=O) groups is 2. The number of piperidine rings is 1. The molecule has 2 saturated carbocycles. The Morgan fingerprint density at radius 3 is 2.55 bits per heavy atom. The average molecular weight is 280 g/mol. The number of aliphatic carboxylic acids is 1. The maximum absolute atomic E-state index is 12.4. The fourth-order valence-corrected chi connectivity index (χ4v) is 3.84. The number of nitrogens with one attached hydrogen (secondary N) is 1. The second kappa shape index (κ2) is 5.26. The Kier molecular flexibility index (Phi) is 3.61. The molecule has 20 heavy (non-hydrogen) atoms. The SMILES string of the molecule is O=C(NCC1(C(=O)O)CC1)N1CCCC2CCCCC21. The number of carboxylic acids is 1. The number of carbonyl (C=O) groups excluding carboxylic acids is 1. The van der Waals surface area contributed by atoms with Crippen molar-refractivity contribution in [1.29, 1.82) is 0 Å². The largest absolute Gasteiger partial charge is 0.481 e. The van der Waals surface area contributed by atoms with Crippen LogP contribution in [0.25, 0.3) is 0 Å². The van der Waals surface area contributed by atoms with Crippen molar-refractivity contribution in [2.24, 2.45) is 11.3 Å². The summed E-state index contributed by atoms with van der Waals surface area (Å²) in [5, 5.41) is 12.0. The highest BCUT2D eigenvalue weighted by Crippen LogP contribution is 2.45. The van der Waals surface area contributed by atoms with Crippen LogP contribution < -0.4 is 5.32 Å². The zero-order chi connectivity index (χ0) is 14.2. The summed E-state index contributed by atoms with van der Waals surface area (Å²) >= 11 is 0. The highest BCUT2D eigenvalue weighted by molar-refractivity contribution is 5.80. The van der Waals surface area contributed by atoms with E-state index < -0.39 is 11.4 Å². The van der Waals surface area contributed by atoms with Crippen LogP contribution in [0.1, 0.15) is 51.4 Å². The molecule has 0 spiro atoms. The molecule has 2 amide bonds. The van der Waals surface area contributed by atoms with Crippen LogP contribution in [-0.4, -0.2) is 41.1 Å². The Morgan fingerprint density at radius 2 is 1.85 bits per heavy atom. The number of likely N-dealkylation sites (tertiary alicyclic amines) is 1. The van der Waals surface area contributed by atoms with Crippen molar-refractivity contribution in [2.45, 2.75) is 57.4 Å². The average Bonchev–Trinajstić information content (AvgIpc) is 3.25. The lowest BCUT2D eigenvalue weighted by atomic mass is 9.78. The molecule has 2 unspecified atom stereocenters. The molecule has 1 saturated heterocycles. The summed E-state index contributed by atoms with van der Waals surface area (Å²) in [5.41, 5.74) is -0.669. The monoisotopic (exact) mass is 280 g/mol. The lowest BCUT2D eigenvalue weighted by molar-refractivity contribution is -0.143. The molecular weight excluding hydrogens is 256 g/mol. The zero-order valence-electron chi connectivity index (χ0n) is 11.9. The van der Waals surface area contributed by atoms with Crippen LogP contribution in [0.15, 0.2) is 0 Å². The van der Waals surface area contributed by atoms with Gasteiger partial charge in [0, 0.05) is 19.1 Å². The maximum atomic E-state index is 12.4. The summed E-state index contributed by atoms with van der Waals surface area (Å²) in [5.74, 6) is -0.107. The van der Waals surface area contributed by atoms with E-state index in [0.717, 1.165) is 19.4 Å². The van der Waals surface area contributed by atoms with Gasteiger partial charge in [0.15, 0.2) is 0 Å². The molecule has 0 radical (unpaired) electrons. The molecule has 0 aromatic heterocycles. The van der Waals surface area contributed by atoms with Gasteiger partial charge in [-0.2, -0.15) is 0 Å². The van der Waals surface area contributed by atoms with Crippen molar-refractivity contribution in [2.75, 3.05) is 13.1 Å². The summed E-state index contributed by atoms with van der Waals surface area (Å²) < 4.78 is 0. The predicted molar refractivity (Wildman–Crippen MR) is 74.4 cm³/mol. The van der Waals surface area contributed by atoms with Crippen LogP contribution in [-0.2, 0) is 4.79 Å². The highest BCUT2D eigenvalue weighted by atomic mass is 16.4. The fourth-order valence-electron chi connectivity index (χ4n) is 3.84. The third kappa shape index (κ3) is 2.50. The third-order valence-corrected chi connectivity index (χ3v) is 5.39. The van der Waals surface area contributed by atoms with Crippen molar-refractivity contribution in [1.82, 2.24) is 10.2 Å². The normalized spacial score (nSPS) is 31.3. The molecule has 5 nitrogen and oxygen atoms in total. The second-order valence-electron chi connectivity index (χ2n) is 6.69. The summed E-state index contributed by atoms with van der Waals surface area (Å²) in [6, 6.07) is 0.339. The van der Waals surface area contributed by atoms with Gasteiger partial charge in [0.05, 0.1) is 5.41 Å². The molecule has 3 rings (SSSR count). The smallest absolute Gasteiger partial charge is 0.317 e. The molecular formula is C15H24N2O3. The summed E-state index contributed by atoms with van der Waals surface area (Å²) in [6.07, 6.45) is 8.56. The Labute approximate surface area is 119 Å². The van der Waals surface area contributed by atoms with Gasteiger partial charge in [-0.05, 0) is 44.4 Å². The molecule has 2 N–H and O–H groups in total. The summed E-state index contributed by atoms with van der Waals surface area (Å²) in [4.78, 5) is 25.5. The number of nitrogens with zero attached hydrogens (tertiary/aromatic N) is 1. The minimum Gasteiger partial charge on any atom is -0.481 e. The van der Waals surface area contributed by atoms with E-state index in [4.69, 9.17) is 5.11 Å². The van der Waals surface area contributed by atoms with Crippen LogP contribution in [0.3, 0.4) is 0 Å². The van der Waals surface area contributed by atoms with Gasteiger partial charge in [0.2, 0.25) is 0 Å². The summed E-state index contributed by atoms with van der Waals surface area (Å²) in [7, 11) is 0. The van der Waals surface area contributed by atoms with E-state index in [1.54, 1.807) is 0 Å². The van der Waals surface area contributed by atoms with Gasteiger partial charge < -0.3 is 15.3 Å². The first kappa shape index (κ1) is 13.7. The molecule has 0 aromatic rings. The van der Waals surface area contributed by atoms with Gasteiger partial charge in [0.25, 0.3) is 0 Å². The fraction of sp³-hybridized carbons (Fsp3) is 0.867. The molecule has 3 aliphatic rings. The first-order chi connectivity index (χ1) is 9.62. The van der Waals surface area contributed by atoms with Gasteiger partial charge in [-0.25, -0.2) is 4.79 Å². The number of hydrogen-bond donors (Lipinski definition) is 2. The van der Waals surface area contributed by atoms with E-state index in [2.05, 4.69) is 5.32 Å². The van der Waals surface area contributed by atoms with E-state index >= 15 is 0 Å². The molecule has 0 bridgehead atoms. The standard InChI is InChI=1S/C15H24N2O3/c18-13(19)15(7-8-15)10-16-14(20)17-9-3-5-11-4-1-2-6-12(11)17/h11-12H,1-10H2,(H,16,20)(H,18,19). The first-order valence-corrected chi connectivity index (χ1v) is 7.90. The van der Waals surface area contributed by atoms with Gasteiger partial charge in [-0.3, -0.25) is 4.79 Å². The Hall–Kier alpha value is -1.26. The molecule has 5 heteroatoms. The minimum atomic E-state index is -0.771. The van der Waals surface area contributed by atoms with Gasteiger partial charge in [-0.1, -0.05) is 12.8 Å². The van der Waals surface area contributed by atoms with Crippen molar-refractivity contribution >= 4 is 12.0 Å². The number of amides is 2. The molecule has 3 fully saturated rings. The predicted octanol–water partition coefficient (Wildman–Crippen LogP) is 2.22. The van der Waals surface area contributed by atoms with Crippen molar-refractivity contribution < 1.29 is 14.7 Å². The van der Waals surface area contributed by atoms with E-state index in [-0.39, 0.29) is 12.6 Å². The van der Waals surface area contributed by atoms with Crippen LogP contribution in [0.4, 0.5) is 4.79 Å². The van der Waals surface area contributed by atoms with E-state index in [0.29, 0.717) is 24.8 Å². The lowest BCUT2D eigenvalue weighted by Gasteiger charge is -2.44. The van der Waals surface area contributed by atoms with Gasteiger partial charge in [-0.15, -0.1) is 0 Å². The molecule has 1 heterocycles. The van der Waals surface area contributed by atoms with E-state index in [1.165, 1.54) is 25.7 Å². The van der Waals surface area contributed by atoms with Crippen LogP contribution in [0.2, 0.25) is 0 Å². The Morgan fingerprint density at radius 1 is 1.15 bits per heavy atom. The van der Waals surface area contributed by atoms with E-state index in [1.807, 2.05) is 4.90 Å². The molecule has 1 aliphatic heterocycles. The van der Waals surface area contributed by atoms with E-state index in [9.17, 15) is 9.59 Å². The number of rotatable bonds is 3. The number of fused-ring (bicyclic) bond motifs is 1. The molecule has 2 aliphatic carbocycles. The number of hydrogen-bond acceptors (Lipinski definition) is 2. The molecule has 0 aromatic carbocycles. The quantitative estimate of drug-likeness (QED) is 0.832. The molecule has 112 valence electrons. The van der Waals surface area contributed by atoms with Crippen molar-refractivity contribution in [3.05, 3.63) is 0 Å². The lowest BCUT2D eigenvalue weighted by Crippen LogP contribution is -2.54. The second-order valence-corrected chi connectivity index (χ2v) is 6.69. The maximum Gasteiger partial charge on any atom is 0.317 e. The topological polar surface area (TPSA) is 69.6 Å². The molecule has 2 atom stereocenters.